The van der Waals surface area contributed by atoms with E-state index in [4.69, 9.17) is 4.52 Å². The molecule has 1 N–H and O–H groups in total. The van der Waals surface area contributed by atoms with E-state index in [9.17, 15) is 13.2 Å². The minimum atomic E-state index is -4.40. The third-order valence-electron chi connectivity index (χ3n) is 2.59. The number of aryl methyl sites for hydroxylation is 1. The third-order valence-corrected chi connectivity index (χ3v) is 3.55. The molecular formula is C11H13F3N4OS. The van der Waals surface area contributed by atoms with Crippen LogP contribution in [0.15, 0.2) is 9.90 Å². The van der Waals surface area contributed by atoms with Gasteiger partial charge in [0.2, 0.25) is 5.89 Å². The predicted molar refractivity (Wildman–Crippen MR) is 66.0 cm³/mol. The van der Waals surface area contributed by atoms with Crippen molar-refractivity contribution in [1.29, 1.82) is 0 Å². The highest BCUT2D eigenvalue weighted by molar-refractivity contribution is 7.09. The van der Waals surface area contributed by atoms with Gasteiger partial charge in [-0.3, -0.25) is 0 Å². The Morgan fingerprint density at radius 1 is 1.40 bits per heavy atom. The molecule has 0 saturated heterocycles. The van der Waals surface area contributed by atoms with Gasteiger partial charge in [-0.15, -0.1) is 11.3 Å². The van der Waals surface area contributed by atoms with Gasteiger partial charge < -0.3 is 9.84 Å². The van der Waals surface area contributed by atoms with Crippen LogP contribution in [0.4, 0.5) is 13.2 Å². The van der Waals surface area contributed by atoms with Crippen LogP contribution in [-0.4, -0.2) is 15.1 Å². The number of hydrogen-bond acceptors (Lipinski definition) is 6. The average Bonchev–Trinajstić information content (AvgIpc) is 2.99. The molecule has 2 heterocycles. The lowest BCUT2D eigenvalue weighted by molar-refractivity contribution is -0.140. The van der Waals surface area contributed by atoms with E-state index < -0.39 is 11.9 Å². The molecular weight excluding hydrogens is 293 g/mol. The van der Waals surface area contributed by atoms with Gasteiger partial charge in [-0.25, -0.2) is 4.98 Å². The van der Waals surface area contributed by atoms with Crippen LogP contribution in [0.3, 0.4) is 0 Å². The molecule has 5 nitrogen and oxygen atoms in total. The van der Waals surface area contributed by atoms with Crippen LogP contribution in [0, 0.1) is 6.92 Å². The highest BCUT2D eigenvalue weighted by Crippen LogP contribution is 2.32. The summed E-state index contributed by atoms with van der Waals surface area (Å²) in [6, 6.07) is -0.269. The number of nitrogens with one attached hydrogen (secondary N) is 1. The lowest BCUT2D eigenvalue weighted by Gasteiger charge is -2.12. The third kappa shape index (κ3) is 3.54. The Kier molecular flexibility index (Phi) is 4.39. The van der Waals surface area contributed by atoms with E-state index in [0.717, 1.165) is 16.7 Å². The molecule has 20 heavy (non-hydrogen) atoms. The van der Waals surface area contributed by atoms with Gasteiger partial charge in [0.1, 0.15) is 5.01 Å². The largest absolute Gasteiger partial charge is 0.434 e. The maximum absolute atomic E-state index is 12.5. The van der Waals surface area contributed by atoms with Crippen LogP contribution >= 0.6 is 11.3 Å². The van der Waals surface area contributed by atoms with Gasteiger partial charge >= 0.3 is 6.18 Å². The molecule has 110 valence electrons. The zero-order valence-electron chi connectivity index (χ0n) is 10.9. The van der Waals surface area contributed by atoms with E-state index in [1.807, 2.05) is 6.92 Å². The van der Waals surface area contributed by atoms with Crippen LogP contribution in [-0.2, 0) is 12.7 Å². The minimum absolute atomic E-state index is 0.269. The second-order valence-electron chi connectivity index (χ2n) is 4.14. The molecule has 2 rings (SSSR count). The summed E-state index contributed by atoms with van der Waals surface area (Å²) in [4.78, 5) is 7.65. The maximum Gasteiger partial charge on any atom is 0.434 e. The first-order valence-electron chi connectivity index (χ1n) is 5.95. The normalized spacial score (nSPS) is 13.7. The van der Waals surface area contributed by atoms with Crippen molar-refractivity contribution in [1.82, 2.24) is 20.4 Å². The van der Waals surface area contributed by atoms with Crippen LogP contribution in [0.2, 0.25) is 0 Å². The van der Waals surface area contributed by atoms with Crippen LogP contribution in [0.5, 0.6) is 0 Å². The van der Waals surface area contributed by atoms with Crippen molar-refractivity contribution < 1.29 is 17.7 Å². The number of thiazole rings is 1. The summed E-state index contributed by atoms with van der Waals surface area (Å²) in [5.41, 5.74) is -0.854. The van der Waals surface area contributed by atoms with Crippen molar-refractivity contribution in [2.45, 2.75) is 39.0 Å². The van der Waals surface area contributed by atoms with Crippen molar-refractivity contribution >= 4 is 11.3 Å². The van der Waals surface area contributed by atoms with Crippen molar-refractivity contribution in [2.75, 3.05) is 0 Å². The quantitative estimate of drug-likeness (QED) is 0.919. The van der Waals surface area contributed by atoms with E-state index in [1.54, 1.807) is 6.92 Å². The van der Waals surface area contributed by atoms with Gasteiger partial charge in [0.25, 0.3) is 0 Å². The Morgan fingerprint density at radius 3 is 2.65 bits per heavy atom. The Morgan fingerprint density at radius 2 is 2.15 bits per heavy atom. The maximum atomic E-state index is 12.5. The molecule has 2 aromatic heterocycles. The van der Waals surface area contributed by atoms with E-state index in [2.05, 4.69) is 20.4 Å². The first kappa shape index (κ1) is 14.9. The number of hydrogen-bond donors (Lipinski definition) is 1. The molecule has 0 fully saturated rings. The first-order valence-corrected chi connectivity index (χ1v) is 6.83. The fraction of sp³-hybridized carbons (Fsp3) is 0.545. The molecule has 0 bridgehead atoms. The topological polar surface area (TPSA) is 63.8 Å². The number of alkyl halides is 3. The predicted octanol–water partition coefficient (Wildman–Crippen LogP) is 3.09. The second-order valence-corrected chi connectivity index (χ2v) is 5.03. The summed E-state index contributed by atoms with van der Waals surface area (Å²) >= 11 is 0.992. The zero-order valence-corrected chi connectivity index (χ0v) is 11.7. The molecule has 0 saturated carbocycles. The average molecular weight is 306 g/mol. The van der Waals surface area contributed by atoms with Crippen LogP contribution in [0.25, 0.3) is 0 Å². The summed E-state index contributed by atoms with van der Waals surface area (Å²) in [6.07, 6.45) is -3.79. The van der Waals surface area contributed by atoms with Gasteiger partial charge in [-0.2, -0.15) is 18.2 Å². The fourth-order valence-electron chi connectivity index (χ4n) is 1.61. The van der Waals surface area contributed by atoms with Crippen molar-refractivity contribution in [3.63, 3.8) is 0 Å². The van der Waals surface area contributed by atoms with Crippen molar-refractivity contribution in [3.8, 4) is 0 Å². The lowest BCUT2D eigenvalue weighted by Crippen LogP contribution is -2.21. The van der Waals surface area contributed by atoms with Crippen LogP contribution in [0.1, 0.15) is 41.8 Å². The molecule has 0 aliphatic carbocycles. The van der Waals surface area contributed by atoms with Gasteiger partial charge in [0.15, 0.2) is 11.5 Å². The summed E-state index contributed by atoms with van der Waals surface area (Å²) in [7, 11) is 0. The minimum Gasteiger partial charge on any atom is -0.340 e. The Bertz CT molecular complexity index is 566. The molecule has 0 aliphatic heterocycles. The summed E-state index contributed by atoms with van der Waals surface area (Å²) in [6.45, 7) is 3.86. The molecule has 0 aliphatic rings. The number of nitrogens with zero attached hydrogens (tertiary/aromatic N) is 3. The molecule has 2 aromatic rings. The van der Waals surface area contributed by atoms with E-state index in [1.165, 1.54) is 0 Å². The summed E-state index contributed by atoms with van der Waals surface area (Å²) < 4.78 is 42.4. The Balaban J connectivity index is 2.03. The SMILES string of the molecule is CCC(NCc1noc(C)n1)c1nc(C(F)(F)F)cs1. The van der Waals surface area contributed by atoms with E-state index >= 15 is 0 Å². The van der Waals surface area contributed by atoms with Gasteiger partial charge in [0, 0.05) is 12.3 Å². The lowest BCUT2D eigenvalue weighted by atomic mass is 10.2. The Labute approximate surface area is 117 Å². The van der Waals surface area contributed by atoms with Crippen LogP contribution < -0.4 is 5.32 Å². The van der Waals surface area contributed by atoms with Gasteiger partial charge in [-0.05, 0) is 6.42 Å². The summed E-state index contributed by atoms with van der Waals surface area (Å²) in [5.74, 6) is 0.914. The second kappa shape index (κ2) is 5.88. The van der Waals surface area contributed by atoms with E-state index in [-0.39, 0.29) is 6.04 Å². The van der Waals surface area contributed by atoms with E-state index in [0.29, 0.717) is 29.7 Å². The van der Waals surface area contributed by atoms with Crippen molar-refractivity contribution in [3.05, 3.63) is 27.8 Å². The zero-order chi connectivity index (χ0) is 14.8. The molecule has 0 aromatic carbocycles. The standard InChI is InChI=1S/C11H13F3N4OS/c1-3-7(15-4-9-16-6(2)19-18-9)10-17-8(5-20-10)11(12,13)14/h5,7,15H,3-4H2,1-2H3. The molecule has 0 amide bonds. The monoisotopic (exact) mass is 306 g/mol. The first-order chi connectivity index (χ1) is 9.40. The number of halogens is 3. The number of aromatic nitrogens is 3. The Hall–Kier alpha value is -1.48. The van der Waals surface area contributed by atoms with Crippen molar-refractivity contribution in [2.24, 2.45) is 0 Å². The number of rotatable bonds is 5. The fourth-order valence-corrected chi connectivity index (χ4v) is 2.60. The highest BCUT2D eigenvalue weighted by atomic mass is 32.1. The smallest absolute Gasteiger partial charge is 0.340 e. The highest BCUT2D eigenvalue weighted by Gasteiger charge is 2.34. The molecule has 0 radical (unpaired) electrons. The summed E-state index contributed by atoms with van der Waals surface area (Å²) in [5, 5.41) is 8.22. The molecule has 0 spiro atoms. The molecule has 1 unspecified atom stereocenters. The molecule has 1 atom stereocenters. The molecule has 9 heteroatoms. The van der Waals surface area contributed by atoms with Gasteiger partial charge in [-0.1, -0.05) is 12.1 Å². The van der Waals surface area contributed by atoms with Gasteiger partial charge in [0.05, 0.1) is 12.6 Å².